The van der Waals surface area contributed by atoms with Crippen molar-refractivity contribution < 1.29 is 4.79 Å². The Morgan fingerprint density at radius 3 is 2.46 bits per heavy atom. The molecule has 1 aliphatic carbocycles. The Hall–Kier alpha value is -2.24. The van der Waals surface area contributed by atoms with Crippen molar-refractivity contribution in [2.45, 2.75) is 44.3 Å². The van der Waals surface area contributed by atoms with Gasteiger partial charge in [-0.1, -0.05) is 43.3 Å². The molecule has 2 aromatic rings. The van der Waals surface area contributed by atoms with Crippen molar-refractivity contribution in [3.8, 4) is 0 Å². The number of pyridine rings is 1. The van der Waals surface area contributed by atoms with E-state index in [0.29, 0.717) is 6.42 Å². The van der Waals surface area contributed by atoms with Crippen molar-refractivity contribution >= 4 is 5.91 Å². The quantitative estimate of drug-likeness (QED) is 0.805. The molecule has 1 saturated heterocycles. The van der Waals surface area contributed by atoms with Crippen LogP contribution >= 0.6 is 0 Å². The Labute approximate surface area is 167 Å². The molecule has 0 bridgehead atoms. The van der Waals surface area contributed by atoms with Crippen molar-refractivity contribution in [3.63, 3.8) is 0 Å². The maximum absolute atomic E-state index is 12.3. The molecule has 28 heavy (non-hydrogen) atoms. The second-order valence-corrected chi connectivity index (χ2v) is 7.99. The van der Waals surface area contributed by atoms with E-state index < -0.39 is 0 Å². The van der Waals surface area contributed by atoms with Gasteiger partial charge in [0.15, 0.2) is 0 Å². The third kappa shape index (κ3) is 4.10. The molecule has 1 N–H and O–H groups in total. The number of hydrogen-bond donors (Lipinski definition) is 1. The Morgan fingerprint density at radius 2 is 1.86 bits per heavy atom. The van der Waals surface area contributed by atoms with Crippen LogP contribution in [-0.2, 0) is 11.3 Å². The first kappa shape index (κ1) is 19.1. The normalized spacial score (nSPS) is 20.5. The van der Waals surface area contributed by atoms with Crippen LogP contribution in [0.15, 0.2) is 54.9 Å². The van der Waals surface area contributed by atoms with Crippen molar-refractivity contribution in [1.29, 1.82) is 0 Å². The molecule has 2 heterocycles. The maximum Gasteiger partial charge on any atom is 0.220 e. The molecule has 1 atom stereocenters. The summed E-state index contributed by atoms with van der Waals surface area (Å²) in [7, 11) is 0. The molecule has 2 fully saturated rings. The van der Waals surface area contributed by atoms with E-state index in [4.69, 9.17) is 0 Å². The fraction of sp³-hybridized carbons (Fsp3) is 0.478. The Balaban J connectivity index is 1.44. The van der Waals surface area contributed by atoms with Gasteiger partial charge in [-0.05, 0) is 30.0 Å². The van der Waals surface area contributed by atoms with Crippen LogP contribution in [0.3, 0.4) is 0 Å². The van der Waals surface area contributed by atoms with Crippen LogP contribution in [0.4, 0.5) is 0 Å². The number of rotatable bonds is 7. The average molecular weight is 379 g/mol. The van der Waals surface area contributed by atoms with Crippen LogP contribution < -0.4 is 5.32 Å². The summed E-state index contributed by atoms with van der Waals surface area (Å²) >= 11 is 0. The minimum Gasteiger partial charge on any atom is -0.347 e. The van der Waals surface area contributed by atoms with Crippen LogP contribution in [-0.4, -0.2) is 52.4 Å². The number of hydrogen-bond acceptors (Lipinski definition) is 4. The van der Waals surface area contributed by atoms with E-state index in [1.165, 1.54) is 11.1 Å². The second kappa shape index (κ2) is 8.41. The van der Waals surface area contributed by atoms with E-state index in [0.717, 1.165) is 45.6 Å². The minimum absolute atomic E-state index is 0.0750. The standard InChI is InChI=1S/C23H30N4O/c1-2-21(28)25-22(20-8-4-3-5-9-20)23(10-11-23)27-15-13-26(14-16-27)18-19-7-6-12-24-17-19/h3-9,12,17,22H,2,10-11,13-16,18H2,1H3,(H,25,28). The summed E-state index contributed by atoms with van der Waals surface area (Å²) in [5.41, 5.74) is 2.57. The Morgan fingerprint density at radius 1 is 1.11 bits per heavy atom. The lowest BCUT2D eigenvalue weighted by Gasteiger charge is -2.43. The lowest BCUT2D eigenvalue weighted by molar-refractivity contribution is -0.122. The molecule has 1 aromatic carbocycles. The van der Waals surface area contributed by atoms with Crippen LogP contribution in [0.5, 0.6) is 0 Å². The van der Waals surface area contributed by atoms with Crippen LogP contribution in [0.25, 0.3) is 0 Å². The van der Waals surface area contributed by atoms with Gasteiger partial charge in [0.25, 0.3) is 0 Å². The number of benzene rings is 1. The fourth-order valence-electron chi connectivity index (χ4n) is 4.45. The number of carbonyl (C=O) groups excluding carboxylic acids is 1. The molecule has 0 radical (unpaired) electrons. The molecule has 0 spiro atoms. The van der Waals surface area contributed by atoms with E-state index in [1.807, 2.05) is 31.5 Å². The minimum atomic E-state index is 0.0750. The van der Waals surface area contributed by atoms with Gasteiger partial charge in [0.05, 0.1) is 6.04 Å². The topological polar surface area (TPSA) is 48.5 Å². The van der Waals surface area contributed by atoms with Crippen LogP contribution in [0.2, 0.25) is 0 Å². The molecule has 1 aromatic heterocycles. The first-order chi connectivity index (χ1) is 13.7. The summed E-state index contributed by atoms with van der Waals surface area (Å²) in [6, 6.07) is 14.7. The van der Waals surface area contributed by atoms with Gasteiger partial charge in [0, 0.05) is 57.1 Å². The molecule has 1 saturated carbocycles. The van der Waals surface area contributed by atoms with Gasteiger partial charge in [0.2, 0.25) is 5.91 Å². The van der Waals surface area contributed by atoms with Crippen molar-refractivity contribution in [2.24, 2.45) is 0 Å². The van der Waals surface area contributed by atoms with Gasteiger partial charge in [-0.15, -0.1) is 0 Å². The highest BCUT2D eigenvalue weighted by Crippen LogP contribution is 2.51. The van der Waals surface area contributed by atoms with Gasteiger partial charge < -0.3 is 5.32 Å². The largest absolute Gasteiger partial charge is 0.347 e. The highest BCUT2D eigenvalue weighted by atomic mass is 16.1. The van der Waals surface area contributed by atoms with E-state index in [9.17, 15) is 4.79 Å². The van der Waals surface area contributed by atoms with Crippen molar-refractivity contribution in [2.75, 3.05) is 26.2 Å². The van der Waals surface area contributed by atoms with Crippen LogP contribution in [0.1, 0.15) is 43.4 Å². The summed E-state index contributed by atoms with van der Waals surface area (Å²) in [4.78, 5) is 21.6. The number of aromatic nitrogens is 1. The number of amides is 1. The predicted octanol–water partition coefficient (Wildman–Crippen LogP) is 3.00. The highest BCUT2D eigenvalue weighted by molar-refractivity contribution is 5.76. The summed E-state index contributed by atoms with van der Waals surface area (Å²) in [6.45, 7) is 7.09. The summed E-state index contributed by atoms with van der Waals surface area (Å²) in [5.74, 6) is 0.135. The van der Waals surface area contributed by atoms with Gasteiger partial charge >= 0.3 is 0 Å². The lowest BCUT2D eigenvalue weighted by Crippen LogP contribution is -2.55. The lowest BCUT2D eigenvalue weighted by atomic mass is 9.94. The zero-order valence-electron chi connectivity index (χ0n) is 16.7. The predicted molar refractivity (Wildman–Crippen MR) is 111 cm³/mol. The molecule has 148 valence electrons. The smallest absolute Gasteiger partial charge is 0.220 e. The van der Waals surface area contributed by atoms with E-state index in [-0.39, 0.29) is 17.5 Å². The average Bonchev–Trinajstić information content (AvgIpc) is 3.55. The van der Waals surface area contributed by atoms with Gasteiger partial charge in [-0.2, -0.15) is 0 Å². The number of nitrogens with one attached hydrogen (secondary N) is 1. The molecule has 4 rings (SSSR count). The number of carbonyl (C=O) groups is 1. The second-order valence-electron chi connectivity index (χ2n) is 7.99. The number of piperazine rings is 1. The Kier molecular flexibility index (Phi) is 5.74. The van der Waals surface area contributed by atoms with Crippen molar-refractivity contribution in [3.05, 3.63) is 66.0 Å². The monoisotopic (exact) mass is 378 g/mol. The highest BCUT2D eigenvalue weighted by Gasteiger charge is 2.55. The van der Waals surface area contributed by atoms with Gasteiger partial charge in [-0.3, -0.25) is 19.6 Å². The molecule has 5 heteroatoms. The van der Waals surface area contributed by atoms with E-state index in [2.05, 4.69) is 50.4 Å². The summed E-state index contributed by atoms with van der Waals surface area (Å²) in [6.07, 6.45) is 6.61. The molecule has 2 aliphatic rings. The van der Waals surface area contributed by atoms with Gasteiger partial charge in [-0.25, -0.2) is 0 Å². The summed E-state index contributed by atoms with van der Waals surface area (Å²) in [5, 5.41) is 3.33. The molecule has 1 unspecified atom stereocenters. The summed E-state index contributed by atoms with van der Waals surface area (Å²) < 4.78 is 0. The van der Waals surface area contributed by atoms with E-state index >= 15 is 0 Å². The third-order valence-corrected chi connectivity index (χ3v) is 6.19. The van der Waals surface area contributed by atoms with Crippen LogP contribution in [0, 0.1) is 0 Å². The molecule has 1 amide bonds. The fourth-order valence-corrected chi connectivity index (χ4v) is 4.45. The molecular formula is C23H30N4O. The zero-order valence-corrected chi connectivity index (χ0v) is 16.7. The maximum atomic E-state index is 12.3. The molecule has 5 nitrogen and oxygen atoms in total. The van der Waals surface area contributed by atoms with E-state index in [1.54, 1.807) is 0 Å². The molecule has 1 aliphatic heterocycles. The molecular weight excluding hydrogens is 348 g/mol. The first-order valence-electron chi connectivity index (χ1n) is 10.4. The van der Waals surface area contributed by atoms with Gasteiger partial charge in [0.1, 0.15) is 0 Å². The SMILES string of the molecule is CCC(=O)NC(c1ccccc1)C1(N2CCN(Cc3cccnc3)CC2)CC1. The zero-order chi connectivity index (χ0) is 19.4. The van der Waals surface area contributed by atoms with Crippen molar-refractivity contribution in [1.82, 2.24) is 20.1 Å². The first-order valence-corrected chi connectivity index (χ1v) is 10.4. The number of nitrogens with zero attached hydrogens (tertiary/aromatic N) is 3. The third-order valence-electron chi connectivity index (χ3n) is 6.19. The Bertz CT molecular complexity index is 768.